The van der Waals surface area contributed by atoms with Gasteiger partial charge < -0.3 is 19.4 Å². The fraction of sp³-hybridized carbons (Fsp3) is 0.395. The largest absolute Gasteiger partial charge is 0.455 e. The maximum atomic E-state index is 12.9. The van der Waals surface area contributed by atoms with Crippen LogP contribution in [0.25, 0.3) is 44.2 Å². The van der Waals surface area contributed by atoms with E-state index in [0.717, 1.165) is 62.9 Å². The molecule has 10 nitrogen and oxygen atoms in total. The minimum absolute atomic E-state index is 0.110. The number of esters is 1. The summed E-state index contributed by atoms with van der Waals surface area (Å²) in [5.74, 6) is 0.222. The molecule has 0 unspecified atom stereocenters. The zero-order chi connectivity index (χ0) is 34.4. The van der Waals surface area contributed by atoms with Gasteiger partial charge in [0.25, 0.3) is 0 Å². The number of imidazole rings is 2. The first kappa shape index (κ1) is 32.9. The van der Waals surface area contributed by atoms with Crippen LogP contribution in [0.2, 0.25) is 0 Å². The van der Waals surface area contributed by atoms with Crippen molar-refractivity contribution in [2.24, 2.45) is 0 Å². The Balaban J connectivity index is 1.24. The van der Waals surface area contributed by atoms with Gasteiger partial charge in [-0.05, 0) is 107 Å². The molecule has 6 rings (SSSR count). The van der Waals surface area contributed by atoms with Crippen molar-refractivity contribution in [3.8, 4) is 22.4 Å². The molecule has 250 valence electrons. The summed E-state index contributed by atoms with van der Waals surface area (Å²) >= 11 is 0. The van der Waals surface area contributed by atoms with E-state index in [0.29, 0.717) is 18.8 Å². The van der Waals surface area contributed by atoms with Crippen LogP contribution in [0, 0.1) is 5.41 Å². The number of nitrogens with one attached hydrogen (secondary N) is 3. The summed E-state index contributed by atoms with van der Waals surface area (Å²) in [6, 6.07) is 18.7. The Labute approximate surface area is 280 Å². The zero-order valence-corrected chi connectivity index (χ0v) is 28.7. The first-order chi connectivity index (χ1) is 22.7. The van der Waals surface area contributed by atoms with Gasteiger partial charge in [0.1, 0.15) is 28.6 Å². The Morgan fingerprint density at radius 3 is 2.29 bits per heavy atom. The number of ether oxygens (including phenoxy) is 2. The molecule has 5 aromatic rings. The summed E-state index contributed by atoms with van der Waals surface area (Å²) < 4.78 is 11.1. The highest BCUT2D eigenvalue weighted by Crippen LogP contribution is 2.35. The van der Waals surface area contributed by atoms with E-state index in [4.69, 9.17) is 19.9 Å². The number of carbonyl (C=O) groups is 2. The van der Waals surface area contributed by atoms with Crippen molar-refractivity contribution < 1.29 is 19.1 Å². The zero-order valence-electron chi connectivity index (χ0n) is 28.7. The smallest absolute Gasteiger partial charge is 0.410 e. The third kappa shape index (κ3) is 6.98. The second kappa shape index (κ2) is 12.6. The molecule has 3 heterocycles. The Morgan fingerprint density at radius 2 is 1.58 bits per heavy atom. The summed E-state index contributed by atoms with van der Waals surface area (Å²) in [5, 5.41) is 10.7. The normalized spacial score (nSPS) is 16.0. The lowest BCUT2D eigenvalue weighted by atomic mass is 9.98. The predicted octanol–water partition coefficient (Wildman–Crippen LogP) is 8.70. The topological polar surface area (TPSA) is 137 Å². The average Bonchev–Trinajstić information content (AvgIpc) is 3.78. The number of hydrogen-bond donors (Lipinski definition) is 3. The summed E-state index contributed by atoms with van der Waals surface area (Å²) in [4.78, 5) is 43.5. The number of nitrogens with zero attached hydrogens (tertiary/aromatic N) is 3. The van der Waals surface area contributed by atoms with Crippen molar-refractivity contribution in [2.75, 3.05) is 6.54 Å². The number of amides is 1. The van der Waals surface area contributed by atoms with E-state index in [2.05, 4.69) is 57.4 Å². The quantitative estimate of drug-likeness (QED) is 0.119. The number of aromatic amines is 2. The second-order valence-electron chi connectivity index (χ2n) is 14.5. The van der Waals surface area contributed by atoms with E-state index in [1.807, 2.05) is 39.8 Å². The van der Waals surface area contributed by atoms with Gasteiger partial charge in [0, 0.05) is 12.1 Å². The van der Waals surface area contributed by atoms with Crippen LogP contribution in [-0.2, 0) is 14.3 Å². The lowest BCUT2D eigenvalue weighted by Crippen LogP contribution is -2.36. The van der Waals surface area contributed by atoms with E-state index in [9.17, 15) is 9.59 Å². The Morgan fingerprint density at radius 1 is 0.917 bits per heavy atom. The molecule has 1 saturated heterocycles. The summed E-state index contributed by atoms with van der Waals surface area (Å²) in [5.41, 5.74) is 4.32. The molecule has 0 radical (unpaired) electrons. The molecule has 3 N–H and O–H groups in total. The molecular weight excluding hydrogens is 604 g/mol. The fourth-order valence-corrected chi connectivity index (χ4v) is 6.22. The monoisotopic (exact) mass is 648 g/mol. The van der Waals surface area contributed by atoms with Gasteiger partial charge in [0.05, 0.1) is 34.9 Å². The van der Waals surface area contributed by atoms with Crippen LogP contribution in [0.5, 0.6) is 0 Å². The molecule has 1 amide bonds. The molecule has 0 aliphatic carbocycles. The fourth-order valence-electron chi connectivity index (χ4n) is 6.22. The van der Waals surface area contributed by atoms with Crippen LogP contribution in [0.1, 0.15) is 91.3 Å². The van der Waals surface area contributed by atoms with Crippen LogP contribution >= 0.6 is 0 Å². The second-order valence-corrected chi connectivity index (χ2v) is 14.5. The number of carbonyl (C=O) groups excluding carboxylic acids is 2. The van der Waals surface area contributed by atoms with Crippen molar-refractivity contribution in [1.29, 1.82) is 5.41 Å². The van der Waals surface area contributed by atoms with Gasteiger partial charge in [-0.25, -0.2) is 19.6 Å². The molecular formula is C38H44N6O4. The molecule has 1 fully saturated rings. The van der Waals surface area contributed by atoms with Gasteiger partial charge in [0.15, 0.2) is 0 Å². The van der Waals surface area contributed by atoms with Gasteiger partial charge in [0.2, 0.25) is 0 Å². The van der Waals surface area contributed by atoms with Crippen molar-refractivity contribution in [2.45, 2.75) is 90.9 Å². The Hall–Kier alpha value is -4.99. The highest BCUT2D eigenvalue weighted by atomic mass is 16.6. The van der Waals surface area contributed by atoms with Gasteiger partial charge in [-0.1, -0.05) is 37.3 Å². The number of rotatable bonds is 7. The molecule has 1 aliphatic heterocycles. The lowest BCUT2D eigenvalue weighted by Gasteiger charge is -2.27. The number of aromatic nitrogens is 4. The number of benzene rings is 3. The van der Waals surface area contributed by atoms with Crippen LogP contribution < -0.4 is 0 Å². The van der Waals surface area contributed by atoms with E-state index in [-0.39, 0.29) is 17.8 Å². The molecule has 48 heavy (non-hydrogen) atoms. The van der Waals surface area contributed by atoms with Crippen molar-refractivity contribution >= 4 is 39.6 Å². The van der Waals surface area contributed by atoms with Gasteiger partial charge in [-0.15, -0.1) is 0 Å². The van der Waals surface area contributed by atoms with Crippen LogP contribution in [0.3, 0.4) is 0 Å². The third-order valence-electron chi connectivity index (χ3n) is 8.48. The number of hydrogen-bond acceptors (Lipinski definition) is 7. The Bertz CT molecular complexity index is 2010. The SMILES string of the molecule is CC[C@@H](C(=N)C(=O)OC(C)(C)C)c1ncc(-c2ccc3ccc(-c4ccc5nc([C@@H]6CCCN6C(=O)OC(C)(C)C)[nH]c5c4)cc3c2)[nH]1. The highest BCUT2D eigenvalue weighted by Gasteiger charge is 2.35. The van der Waals surface area contributed by atoms with Crippen molar-refractivity contribution in [3.05, 3.63) is 72.4 Å². The molecule has 0 saturated carbocycles. The minimum atomic E-state index is -0.673. The van der Waals surface area contributed by atoms with Crippen LogP contribution in [0.4, 0.5) is 4.79 Å². The van der Waals surface area contributed by atoms with Gasteiger partial charge >= 0.3 is 12.1 Å². The number of H-pyrrole nitrogens is 2. The number of fused-ring (bicyclic) bond motifs is 2. The molecule has 0 spiro atoms. The first-order valence-corrected chi connectivity index (χ1v) is 16.6. The first-order valence-electron chi connectivity index (χ1n) is 16.6. The van der Waals surface area contributed by atoms with Crippen molar-refractivity contribution in [1.82, 2.24) is 24.8 Å². The average molecular weight is 649 g/mol. The van der Waals surface area contributed by atoms with E-state index in [1.54, 1.807) is 31.9 Å². The maximum absolute atomic E-state index is 12.9. The maximum Gasteiger partial charge on any atom is 0.410 e. The molecule has 10 heteroatoms. The molecule has 0 bridgehead atoms. The van der Waals surface area contributed by atoms with Crippen LogP contribution in [0.15, 0.2) is 60.8 Å². The lowest BCUT2D eigenvalue weighted by molar-refractivity contribution is -0.146. The third-order valence-corrected chi connectivity index (χ3v) is 8.48. The summed E-state index contributed by atoms with van der Waals surface area (Å²) in [7, 11) is 0. The molecule has 3 aromatic carbocycles. The predicted molar refractivity (Wildman–Crippen MR) is 188 cm³/mol. The molecule has 2 atom stereocenters. The van der Waals surface area contributed by atoms with Gasteiger partial charge in [-0.2, -0.15) is 0 Å². The molecule has 1 aliphatic rings. The van der Waals surface area contributed by atoms with Crippen molar-refractivity contribution in [3.63, 3.8) is 0 Å². The Kier molecular flexibility index (Phi) is 8.62. The summed E-state index contributed by atoms with van der Waals surface area (Å²) in [6.45, 7) is 13.6. The molecule has 2 aromatic heterocycles. The summed E-state index contributed by atoms with van der Waals surface area (Å²) in [6.07, 6.45) is 3.72. The van der Waals surface area contributed by atoms with Crippen LogP contribution in [-0.4, -0.2) is 60.4 Å². The minimum Gasteiger partial charge on any atom is -0.455 e. The van der Waals surface area contributed by atoms with Gasteiger partial charge in [-0.3, -0.25) is 10.3 Å². The number of likely N-dealkylation sites (tertiary alicyclic amines) is 1. The highest BCUT2D eigenvalue weighted by molar-refractivity contribution is 6.37. The van der Waals surface area contributed by atoms with E-state index < -0.39 is 23.1 Å². The van der Waals surface area contributed by atoms with E-state index >= 15 is 0 Å². The standard InChI is InChI=1S/C38H44N6O4/c1-8-27(32(39)35(45)47-37(2,3)4)33-40-21-30(43-33)25-14-12-22-11-13-23(18-26(22)19-25)24-15-16-28-29(20-24)42-34(41-28)31-10-9-17-44(31)36(46)48-38(5,6)7/h11-16,18-21,27,31,39H,8-10,17H2,1-7H3,(H,40,43)(H,41,42)/t27-,31-/m0/s1. The van der Waals surface area contributed by atoms with E-state index in [1.165, 1.54) is 0 Å².